The van der Waals surface area contributed by atoms with Crippen LogP contribution in [0.3, 0.4) is 0 Å². The molecule has 0 spiro atoms. The number of ketones is 1. The summed E-state index contributed by atoms with van der Waals surface area (Å²) in [5.41, 5.74) is 2.34. The Hall–Kier alpha value is -1.37. The Morgan fingerprint density at radius 3 is 2.50 bits per heavy atom. The molecule has 1 aromatic carbocycles. The molecule has 1 atom stereocenters. The zero-order valence-electron chi connectivity index (χ0n) is 8.20. The fourth-order valence-electron chi connectivity index (χ4n) is 2.08. The Balaban J connectivity index is 2.19. The molecule has 1 unspecified atom stereocenters. The van der Waals surface area contributed by atoms with E-state index < -0.39 is 0 Å². The van der Waals surface area contributed by atoms with Crippen molar-refractivity contribution in [2.75, 3.05) is 0 Å². The molecule has 0 radical (unpaired) electrons. The Kier molecular flexibility index (Phi) is 2.49. The molecule has 0 aliphatic heterocycles. The van der Waals surface area contributed by atoms with E-state index in [1.807, 2.05) is 18.2 Å². The number of carbonyl (C=O) groups is 1. The smallest absolute Gasteiger partial charge is 0.137 e. The van der Waals surface area contributed by atoms with Gasteiger partial charge in [0.1, 0.15) is 5.78 Å². The van der Waals surface area contributed by atoms with Crippen molar-refractivity contribution in [3.05, 3.63) is 48.0 Å². The van der Waals surface area contributed by atoms with Crippen LogP contribution in [0.15, 0.2) is 42.5 Å². The van der Waals surface area contributed by atoms with E-state index in [0.29, 0.717) is 24.5 Å². The summed E-state index contributed by atoms with van der Waals surface area (Å²) in [6.45, 7) is 3.92. The Morgan fingerprint density at radius 2 is 1.86 bits per heavy atom. The summed E-state index contributed by atoms with van der Waals surface area (Å²) in [7, 11) is 0. The number of rotatable bonds is 1. The molecule has 72 valence electrons. The van der Waals surface area contributed by atoms with Gasteiger partial charge in [0.05, 0.1) is 0 Å². The minimum Gasteiger partial charge on any atom is -0.299 e. The van der Waals surface area contributed by atoms with Crippen LogP contribution in [0.5, 0.6) is 0 Å². The Morgan fingerprint density at radius 1 is 1.14 bits per heavy atom. The highest BCUT2D eigenvalue weighted by Gasteiger charge is 2.22. The normalized spacial score (nSPS) is 22.4. The monoisotopic (exact) mass is 186 g/mol. The maximum Gasteiger partial charge on any atom is 0.137 e. The molecule has 1 nitrogen and oxygen atoms in total. The first-order chi connectivity index (χ1) is 6.75. The van der Waals surface area contributed by atoms with E-state index in [4.69, 9.17) is 0 Å². The highest BCUT2D eigenvalue weighted by atomic mass is 16.1. The van der Waals surface area contributed by atoms with Gasteiger partial charge in [-0.15, -0.1) is 0 Å². The second-order valence-electron chi connectivity index (χ2n) is 3.98. The van der Waals surface area contributed by atoms with Crippen molar-refractivity contribution in [3.63, 3.8) is 0 Å². The first-order valence-corrected chi connectivity index (χ1v) is 4.99. The lowest BCUT2D eigenvalue weighted by Gasteiger charge is -2.22. The average molecular weight is 186 g/mol. The van der Waals surface area contributed by atoms with E-state index in [9.17, 15) is 4.79 Å². The van der Waals surface area contributed by atoms with Gasteiger partial charge in [-0.2, -0.15) is 0 Å². The van der Waals surface area contributed by atoms with E-state index in [1.54, 1.807) is 0 Å². The largest absolute Gasteiger partial charge is 0.299 e. The van der Waals surface area contributed by atoms with Crippen LogP contribution in [0.2, 0.25) is 0 Å². The molecular formula is C13H14O. The van der Waals surface area contributed by atoms with Crippen LogP contribution in [0.25, 0.3) is 0 Å². The molecule has 0 heterocycles. The fourth-order valence-corrected chi connectivity index (χ4v) is 2.08. The molecule has 0 N–H and O–H groups in total. The molecular weight excluding hydrogens is 172 g/mol. The van der Waals surface area contributed by atoms with Gasteiger partial charge in [-0.05, 0) is 17.9 Å². The summed E-state index contributed by atoms with van der Waals surface area (Å²) < 4.78 is 0. The van der Waals surface area contributed by atoms with Gasteiger partial charge in [0.15, 0.2) is 0 Å². The Labute approximate surface area is 84.5 Å². The van der Waals surface area contributed by atoms with Gasteiger partial charge in [0.2, 0.25) is 0 Å². The van der Waals surface area contributed by atoms with Crippen molar-refractivity contribution in [1.82, 2.24) is 0 Å². The van der Waals surface area contributed by atoms with Crippen molar-refractivity contribution < 1.29 is 4.79 Å². The van der Waals surface area contributed by atoms with Gasteiger partial charge in [-0.3, -0.25) is 4.79 Å². The van der Waals surface area contributed by atoms with Crippen LogP contribution >= 0.6 is 0 Å². The van der Waals surface area contributed by atoms with Gasteiger partial charge in [-0.25, -0.2) is 0 Å². The third-order valence-corrected chi connectivity index (χ3v) is 2.73. The third-order valence-electron chi connectivity index (χ3n) is 2.73. The maximum atomic E-state index is 11.4. The number of allylic oxidation sites excluding steroid dienone is 1. The second kappa shape index (κ2) is 3.79. The summed E-state index contributed by atoms with van der Waals surface area (Å²) in [5, 5.41) is 0. The van der Waals surface area contributed by atoms with Crippen molar-refractivity contribution >= 4 is 5.78 Å². The summed E-state index contributed by atoms with van der Waals surface area (Å²) in [4.78, 5) is 11.4. The summed E-state index contributed by atoms with van der Waals surface area (Å²) in [5.74, 6) is 0.694. The van der Waals surface area contributed by atoms with Crippen LogP contribution in [-0.4, -0.2) is 5.78 Å². The number of hydrogen-bond donors (Lipinski definition) is 0. The van der Waals surface area contributed by atoms with Crippen molar-refractivity contribution in [2.45, 2.75) is 25.2 Å². The summed E-state index contributed by atoms with van der Waals surface area (Å²) >= 11 is 0. The van der Waals surface area contributed by atoms with E-state index in [2.05, 4.69) is 18.7 Å². The highest BCUT2D eigenvalue weighted by Crippen LogP contribution is 2.32. The first-order valence-electron chi connectivity index (χ1n) is 4.99. The molecule has 1 aliphatic carbocycles. The molecule has 1 aliphatic rings. The lowest BCUT2D eigenvalue weighted by molar-refractivity contribution is -0.119. The number of Topliss-reactive ketones (excluding diaryl/α,β-unsaturated/α-hetero) is 1. The number of benzene rings is 1. The van der Waals surface area contributed by atoms with Crippen molar-refractivity contribution in [2.24, 2.45) is 0 Å². The SMILES string of the molecule is C=C1CC(=O)CC(c2ccccc2)C1. The number of hydrogen-bond acceptors (Lipinski definition) is 1. The molecule has 1 aromatic rings. The molecule has 1 saturated carbocycles. The average Bonchev–Trinajstić information content (AvgIpc) is 2.18. The zero-order chi connectivity index (χ0) is 9.97. The molecule has 1 fully saturated rings. The maximum absolute atomic E-state index is 11.4. The molecule has 1 heteroatoms. The second-order valence-corrected chi connectivity index (χ2v) is 3.98. The van der Waals surface area contributed by atoms with E-state index in [0.717, 1.165) is 12.0 Å². The first kappa shape index (κ1) is 9.20. The van der Waals surface area contributed by atoms with Gasteiger partial charge >= 0.3 is 0 Å². The molecule has 0 bridgehead atoms. The standard InChI is InChI=1S/C13H14O/c1-10-7-12(9-13(14)8-10)11-5-3-2-4-6-11/h2-6,12H,1,7-9H2. The fraction of sp³-hybridized carbons (Fsp3) is 0.308. The van der Waals surface area contributed by atoms with E-state index >= 15 is 0 Å². The van der Waals surface area contributed by atoms with E-state index in [1.165, 1.54) is 5.56 Å². The van der Waals surface area contributed by atoms with Crippen LogP contribution < -0.4 is 0 Å². The minimum atomic E-state index is 0.329. The summed E-state index contributed by atoms with van der Waals surface area (Å²) in [6, 6.07) is 10.2. The van der Waals surface area contributed by atoms with Crippen LogP contribution in [0.1, 0.15) is 30.7 Å². The molecule has 0 saturated heterocycles. The molecule has 14 heavy (non-hydrogen) atoms. The van der Waals surface area contributed by atoms with Crippen LogP contribution in [0, 0.1) is 0 Å². The van der Waals surface area contributed by atoms with Gasteiger partial charge in [-0.1, -0.05) is 42.5 Å². The molecule has 2 rings (SSSR count). The lowest BCUT2D eigenvalue weighted by atomic mass is 9.81. The van der Waals surface area contributed by atoms with Crippen LogP contribution in [0.4, 0.5) is 0 Å². The molecule has 0 amide bonds. The van der Waals surface area contributed by atoms with Crippen molar-refractivity contribution in [1.29, 1.82) is 0 Å². The highest BCUT2D eigenvalue weighted by molar-refractivity contribution is 5.83. The van der Waals surface area contributed by atoms with Gasteiger partial charge < -0.3 is 0 Å². The Bertz CT molecular complexity index is 335. The van der Waals surface area contributed by atoms with Gasteiger partial charge in [0.25, 0.3) is 0 Å². The predicted molar refractivity (Wildman–Crippen MR) is 57.2 cm³/mol. The molecule has 0 aromatic heterocycles. The van der Waals surface area contributed by atoms with Crippen molar-refractivity contribution in [3.8, 4) is 0 Å². The zero-order valence-corrected chi connectivity index (χ0v) is 8.20. The van der Waals surface area contributed by atoms with E-state index in [-0.39, 0.29) is 0 Å². The topological polar surface area (TPSA) is 17.1 Å². The third kappa shape index (κ3) is 1.92. The number of carbonyl (C=O) groups excluding carboxylic acids is 1. The summed E-state index contributed by atoms with van der Waals surface area (Å²) in [6.07, 6.45) is 2.24. The quantitative estimate of drug-likeness (QED) is 0.616. The predicted octanol–water partition coefficient (Wildman–Crippen LogP) is 3.08. The minimum absolute atomic E-state index is 0.329. The lowest BCUT2D eigenvalue weighted by Crippen LogP contribution is -2.14. The van der Waals surface area contributed by atoms with Crippen LogP contribution in [-0.2, 0) is 4.79 Å². The van der Waals surface area contributed by atoms with Gasteiger partial charge in [0, 0.05) is 12.8 Å².